The average molecular weight is 494 g/mol. The third-order valence-corrected chi connectivity index (χ3v) is 5.07. The summed E-state index contributed by atoms with van der Waals surface area (Å²) in [6.45, 7) is 0.243. The molecule has 0 atom stereocenters. The summed E-state index contributed by atoms with van der Waals surface area (Å²) in [6, 6.07) is 17.9. The van der Waals surface area contributed by atoms with Gasteiger partial charge in [0, 0.05) is 5.02 Å². The number of carbonyl (C=O) groups excluding carboxylic acids is 1. The smallest absolute Gasteiger partial charge is 0.296 e. The van der Waals surface area contributed by atoms with Gasteiger partial charge >= 0.3 is 0 Å². The van der Waals surface area contributed by atoms with Crippen LogP contribution in [-0.2, 0) is 11.4 Å². The summed E-state index contributed by atoms with van der Waals surface area (Å²) in [5.41, 5.74) is 0.688. The van der Waals surface area contributed by atoms with E-state index < -0.39 is 10.8 Å². The van der Waals surface area contributed by atoms with Crippen LogP contribution in [0.1, 0.15) is 11.1 Å². The largest absolute Gasteiger partial charge is 0.496 e. The molecule has 1 amide bonds. The molecule has 0 fully saturated rings. The number of ether oxygens (including phenoxy) is 3. The monoisotopic (exact) mass is 493 g/mol. The number of hydrogen-bond donors (Lipinski definition) is 1. The lowest BCUT2D eigenvalue weighted by molar-refractivity contribution is -0.384. The standard InChI is InChI=1S/C25H20ClN3O6/c1-33-20-8-9-21(22(13-20)29(31)32)28-25(30)18(14-27)11-17-5-10-23(34-2)24(12-17)35-15-16-3-6-19(26)7-4-16/h3-13H,15H2,1-2H3,(H,28,30)/b18-11+. The van der Waals surface area contributed by atoms with E-state index in [1.54, 1.807) is 30.3 Å². The number of halogens is 1. The summed E-state index contributed by atoms with van der Waals surface area (Å²) in [7, 11) is 2.87. The van der Waals surface area contributed by atoms with Gasteiger partial charge in [0.15, 0.2) is 11.5 Å². The van der Waals surface area contributed by atoms with Crippen LogP contribution in [0.4, 0.5) is 11.4 Å². The highest BCUT2D eigenvalue weighted by atomic mass is 35.5. The zero-order valence-electron chi connectivity index (χ0n) is 18.8. The first-order chi connectivity index (χ1) is 16.8. The van der Waals surface area contributed by atoms with Gasteiger partial charge in [0.2, 0.25) is 0 Å². The van der Waals surface area contributed by atoms with Crippen LogP contribution in [-0.4, -0.2) is 25.1 Å². The first-order valence-electron chi connectivity index (χ1n) is 10.2. The fourth-order valence-corrected chi connectivity index (χ4v) is 3.16. The van der Waals surface area contributed by atoms with E-state index >= 15 is 0 Å². The molecular weight excluding hydrogens is 474 g/mol. The topological polar surface area (TPSA) is 124 Å². The van der Waals surface area contributed by atoms with Crippen LogP contribution in [0.3, 0.4) is 0 Å². The zero-order valence-corrected chi connectivity index (χ0v) is 19.5. The highest BCUT2D eigenvalue weighted by molar-refractivity contribution is 6.30. The van der Waals surface area contributed by atoms with Crippen molar-refractivity contribution in [1.82, 2.24) is 0 Å². The maximum Gasteiger partial charge on any atom is 0.296 e. The molecule has 3 aromatic carbocycles. The highest BCUT2D eigenvalue weighted by Crippen LogP contribution is 2.31. The Hall–Kier alpha value is -4.55. The van der Waals surface area contributed by atoms with Crippen molar-refractivity contribution in [3.8, 4) is 23.3 Å². The molecule has 178 valence electrons. The third kappa shape index (κ3) is 6.50. The number of hydrogen-bond acceptors (Lipinski definition) is 7. The molecule has 0 unspecified atom stereocenters. The van der Waals surface area contributed by atoms with Crippen LogP contribution in [0.5, 0.6) is 17.2 Å². The van der Waals surface area contributed by atoms with E-state index in [-0.39, 0.29) is 29.3 Å². The van der Waals surface area contributed by atoms with Gasteiger partial charge in [-0.1, -0.05) is 29.8 Å². The van der Waals surface area contributed by atoms with Gasteiger partial charge in [-0.15, -0.1) is 0 Å². The molecule has 9 nitrogen and oxygen atoms in total. The first kappa shape index (κ1) is 25.1. The Bertz CT molecular complexity index is 1320. The Kier molecular flexibility index (Phi) is 8.27. The number of benzene rings is 3. The van der Waals surface area contributed by atoms with Gasteiger partial charge in [0.05, 0.1) is 25.2 Å². The number of nitro benzene ring substituents is 1. The molecule has 0 saturated carbocycles. The molecule has 0 saturated heterocycles. The molecule has 0 aliphatic heterocycles. The number of amides is 1. The molecular formula is C25H20ClN3O6. The van der Waals surface area contributed by atoms with Gasteiger partial charge in [-0.2, -0.15) is 5.26 Å². The number of nitrogens with one attached hydrogen (secondary N) is 1. The second kappa shape index (κ2) is 11.5. The van der Waals surface area contributed by atoms with Crippen LogP contribution in [0.2, 0.25) is 5.02 Å². The van der Waals surface area contributed by atoms with Crippen molar-refractivity contribution in [2.24, 2.45) is 0 Å². The van der Waals surface area contributed by atoms with Gasteiger partial charge in [0.25, 0.3) is 11.6 Å². The Balaban J connectivity index is 1.83. The fourth-order valence-electron chi connectivity index (χ4n) is 3.04. The zero-order chi connectivity index (χ0) is 25.4. The van der Waals surface area contributed by atoms with Gasteiger partial charge in [0.1, 0.15) is 29.7 Å². The van der Waals surface area contributed by atoms with Crippen molar-refractivity contribution < 1.29 is 23.9 Å². The predicted molar refractivity (Wildman–Crippen MR) is 131 cm³/mol. The van der Waals surface area contributed by atoms with E-state index in [0.717, 1.165) is 5.56 Å². The van der Waals surface area contributed by atoms with E-state index in [1.165, 1.54) is 38.5 Å². The van der Waals surface area contributed by atoms with Crippen molar-refractivity contribution in [2.45, 2.75) is 6.61 Å². The van der Waals surface area contributed by atoms with E-state index in [2.05, 4.69) is 5.32 Å². The van der Waals surface area contributed by atoms with Crippen molar-refractivity contribution in [1.29, 1.82) is 5.26 Å². The normalized spacial score (nSPS) is 10.7. The maximum absolute atomic E-state index is 12.7. The van der Waals surface area contributed by atoms with E-state index in [9.17, 15) is 20.2 Å². The highest BCUT2D eigenvalue weighted by Gasteiger charge is 2.19. The van der Waals surface area contributed by atoms with E-state index in [1.807, 2.05) is 18.2 Å². The molecule has 0 aliphatic carbocycles. The number of anilines is 1. The quantitative estimate of drug-likeness (QED) is 0.183. The van der Waals surface area contributed by atoms with Crippen molar-refractivity contribution in [2.75, 3.05) is 19.5 Å². The summed E-state index contributed by atoms with van der Waals surface area (Å²) in [5, 5.41) is 23.9. The fraction of sp³-hybridized carbons (Fsp3) is 0.120. The second-order valence-electron chi connectivity index (χ2n) is 7.09. The van der Waals surface area contributed by atoms with Crippen molar-refractivity contribution in [3.63, 3.8) is 0 Å². The molecule has 0 radical (unpaired) electrons. The SMILES string of the molecule is COc1ccc(NC(=O)/C(C#N)=C/c2ccc(OC)c(OCc3ccc(Cl)cc3)c2)c([N+](=O)[O-])c1. The van der Waals surface area contributed by atoms with Crippen LogP contribution < -0.4 is 19.5 Å². The molecule has 3 aromatic rings. The Morgan fingerprint density at radius 2 is 1.83 bits per heavy atom. The molecule has 3 rings (SSSR count). The predicted octanol–water partition coefficient (Wildman–Crippen LogP) is 5.39. The number of rotatable bonds is 9. The average Bonchev–Trinajstić information content (AvgIpc) is 2.87. The Morgan fingerprint density at radius 3 is 2.46 bits per heavy atom. The summed E-state index contributed by atoms with van der Waals surface area (Å²) in [4.78, 5) is 23.4. The minimum atomic E-state index is -0.805. The maximum atomic E-state index is 12.7. The van der Waals surface area contributed by atoms with E-state index in [0.29, 0.717) is 22.1 Å². The molecule has 35 heavy (non-hydrogen) atoms. The Labute approximate surface area is 206 Å². The van der Waals surface area contributed by atoms with Gasteiger partial charge in [-0.25, -0.2) is 0 Å². The number of nitriles is 1. The first-order valence-corrected chi connectivity index (χ1v) is 10.5. The Morgan fingerprint density at radius 1 is 1.09 bits per heavy atom. The van der Waals surface area contributed by atoms with Crippen molar-refractivity contribution >= 4 is 35.0 Å². The molecule has 10 heteroatoms. The molecule has 0 bridgehead atoms. The van der Waals surface area contributed by atoms with Gasteiger partial charge in [-0.3, -0.25) is 14.9 Å². The summed E-state index contributed by atoms with van der Waals surface area (Å²) in [5.74, 6) is 0.322. The number of nitro groups is 1. The van der Waals surface area contributed by atoms with E-state index in [4.69, 9.17) is 25.8 Å². The number of methoxy groups -OCH3 is 2. The molecule has 1 N–H and O–H groups in total. The second-order valence-corrected chi connectivity index (χ2v) is 7.53. The lowest BCUT2D eigenvalue weighted by Gasteiger charge is -2.12. The van der Waals surface area contributed by atoms with Gasteiger partial charge < -0.3 is 19.5 Å². The molecule has 0 spiro atoms. The van der Waals surface area contributed by atoms with Gasteiger partial charge in [-0.05, 0) is 53.6 Å². The molecule has 0 heterocycles. The third-order valence-electron chi connectivity index (χ3n) is 4.82. The molecule has 0 aliphatic rings. The van der Waals surface area contributed by atoms with Crippen LogP contribution in [0.25, 0.3) is 6.08 Å². The number of carbonyl (C=O) groups is 1. The molecule has 0 aromatic heterocycles. The minimum Gasteiger partial charge on any atom is -0.496 e. The summed E-state index contributed by atoms with van der Waals surface area (Å²) >= 11 is 5.91. The van der Waals surface area contributed by atoms with Crippen LogP contribution >= 0.6 is 11.6 Å². The lowest BCUT2D eigenvalue weighted by atomic mass is 10.1. The minimum absolute atomic E-state index is 0.0660. The number of nitrogens with zero attached hydrogens (tertiary/aromatic N) is 2. The summed E-state index contributed by atoms with van der Waals surface area (Å²) in [6.07, 6.45) is 1.35. The van der Waals surface area contributed by atoms with Crippen molar-refractivity contribution in [3.05, 3.63) is 92.5 Å². The van der Waals surface area contributed by atoms with Crippen LogP contribution in [0, 0.1) is 21.4 Å². The van der Waals surface area contributed by atoms with Crippen LogP contribution in [0.15, 0.2) is 66.2 Å². The lowest BCUT2D eigenvalue weighted by Crippen LogP contribution is -2.14. The summed E-state index contributed by atoms with van der Waals surface area (Å²) < 4.78 is 16.2.